The van der Waals surface area contributed by atoms with Gasteiger partial charge < -0.3 is 5.11 Å². The largest absolute Gasteiger partial charge is 0.507 e. The average Bonchev–Trinajstić information content (AvgIpc) is 3.19. The van der Waals surface area contributed by atoms with E-state index < -0.39 is 11.0 Å². The first-order valence-electron chi connectivity index (χ1n) is 11.3. The summed E-state index contributed by atoms with van der Waals surface area (Å²) in [7, 11) is 0. The van der Waals surface area contributed by atoms with E-state index in [-0.39, 0.29) is 17.0 Å². The number of non-ortho nitro benzene ring substituents is 1. The summed E-state index contributed by atoms with van der Waals surface area (Å²) < 4.78 is 2.88. The van der Waals surface area contributed by atoms with Gasteiger partial charge in [-0.15, -0.1) is 0 Å². The maximum atomic E-state index is 13.8. The molecule has 2 heterocycles. The Morgan fingerprint density at radius 3 is 2.75 bits per heavy atom. The summed E-state index contributed by atoms with van der Waals surface area (Å²) in [4.78, 5) is 30.4. The number of rotatable bonds is 3. The Morgan fingerprint density at radius 1 is 1.11 bits per heavy atom. The molecule has 7 nitrogen and oxygen atoms in total. The van der Waals surface area contributed by atoms with Gasteiger partial charge in [-0.3, -0.25) is 19.5 Å². The summed E-state index contributed by atoms with van der Waals surface area (Å²) in [6.07, 6.45) is 3.32. The number of nitro benzene ring substituents is 1. The van der Waals surface area contributed by atoms with Gasteiger partial charge in [0, 0.05) is 17.7 Å². The van der Waals surface area contributed by atoms with Gasteiger partial charge in [-0.05, 0) is 75.9 Å². The summed E-state index contributed by atoms with van der Waals surface area (Å²) in [6, 6.07) is 19.4. The van der Waals surface area contributed by atoms with Gasteiger partial charge in [0.2, 0.25) is 0 Å². The van der Waals surface area contributed by atoms with Gasteiger partial charge in [0.05, 0.1) is 24.8 Å². The number of aryl methyl sites for hydroxylation is 1. The quantitative estimate of drug-likeness (QED) is 0.210. The van der Waals surface area contributed by atoms with Gasteiger partial charge >= 0.3 is 0 Å². The van der Waals surface area contributed by atoms with Crippen LogP contribution in [0, 0.1) is 13.7 Å². The molecule has 1 atom stereocenters. The van der Waals surface area contributed by atoms with Crippen LogP contribution in [-0.4, -0.2) is 14.6 Å². The van der Waals surface area contributed by atoms with E-state index in [0.717, 1.165) is 28.8 Å². The lowest BCUT2D eigenvalue weighted by Crippen LogP contribution is -2.38. The summed E-state index contributed by atoms with van der Waals surface area (Å²) in [5, 5.41) is 21.4. The van der Waals surface area contributed by atoms with Crippen molar-refractivity contribution in [1.82, 2.24) is 4.57 Å². The first-order chi connectivity index (χ1) is 17.4. The maximum absolute atomic E-state index is 13.8. The molecule has 1 aliphatic heterocycles. The second-order valence-corrected chi connectivity index (χ2v) is 10.8. The monoisotopic (exact) mass is 607 g/mol. The van der Waals surface area contributed by atoms with E-state index in [1.807, 2.05) is 52.9 Å². The molecule has 0 spiro atoms. The van der Waals surface area contributed by atoms with Gasteiger partial charge in [-0.1, -0.05) is 53.8 Å². The molecule has 1 unspecified atom stereocenters. The molecule has 0 saturated carbocycles. The van der Waals surface area contributed by atoms with Crippen molar-refractivity contribution in [2.75, 3.05) is 0 Å². The van der Waals surface area contributed by atoms with Gasteiger partial charge in [0.25, 0.3) is 11.2 Å². The molecule has 0 saturated heterocycles. The van der Waals surface area contributed by atoms with Gasteiger partial charge in [-0.2, -0.15) is 0 Å². The number of aromatic hydroxyl groups is 1. The fourth-order valence-electron chi connectivity index (χ4n) is 4.90. The van der Waals surface area contributed by atoms with Crippen molar-refractivity contribution in [3.8, 4) is 5.75 Å². The Balaban J connectivity index is 1.62. The highest BCUT2D eigenvalue weighted by Crippen LogP contribution is 2.41. The molecule has 0 amide bonds. The molecule has 0 radical (unpaired) electrons. The first-order valence-corrected chi connectivity index (χ1v) is 13.2. The number of aromatic nitrogens is 1. The molecule has 1 aliphatic carbocycles. The minimum atomic E-state index is -0.480. The van der Waals surface area contributed by atoms with E-state index in [1.54, 1.807) is 34.9 Å². The number of nitro groups is 1. The molecule has 6 rings (SSSR count). The van der Waals surface area contributed by atoms with Gasteiger partial charge in [0.15, 0.2) is 4.80 Å². The third kappa shape index (κ3) is 3.79. The molecule has 1 aromatic heterocycles. The first kappa shape index (κ1) is 22.9. The molecule has 0 fully saturated rings. The third-order valence-corrected chi connectivity index (χ3v) is 8.39. The van der Waals surface area contributed by atoms with Crippen LogP contribution in [0.5, 0.6) is 5.75 Å². The predicted octanol–water partition coefficient (Wildman–Crippen LogP) is 4.54. The second-order valence-electron chi connectivity index (χ2n) is 8.68. The third-order valence-electron chi connectivity index (χ3n) is 6.54. The van der Waals surface area contributed by atoms with Crippen molar-refractivity contribution < 1.29 is 10.0 Å². The average molecular weight is 607 g/mol. The number of phenolic OH excluding ortho intramolecular Hbond substituents is 1. The van der Waals surface area contributed by atoms with Crippen molar-refractivity contribution in [2.24, 2.45) is 4.99 Å². The number of hydrogen-bond acceptors (Lipinski definition) is 6. The number of nitrogens with zero attached hydrogens (tertiary/aromatic N) is 3. The topological polar surface area (TPSA) is 97.7 Å². The van der Waals surface area contributed by atoms with Crippen LogP contribution in [0.1, 0.15) is 34.7 Å². The van der Waals surface area contributed by atoms with Crippen LogP contribution in [0.2, 0.25) is 0 Å². The van der Waals surface area contributed by atoms with E-state index in [4.69, 9.17) is 4.99 Å². The van der Waals surface area contributed by atoms with Crippen LogP contribution in [0.4, 0.5) is 5.69 Å². The Labute approximate surface area is 222 Å². The normalized spacial score (nSPS) is 16.7. The molecule has 178 valence electrons. The molecular weight excluding hydrogens is 589 g/mol. The van der Waals surface area contributed by atoms with E-state index in [9.17, 15) is 20.0 Å². The fraction of sp³-hybridized carbons (Fsp3) is 0.111. The number of allylic oxidation sites excluding steroid dienone is 1. The van der Waals surface area contributed by atoms with E-state index in [2.05, 4.69) is 6.07 Å². The highest BCUT2D eigenvalue weighted by Gasteiger charge is 2.33. The van der Waals surface area contributed by atoms with Crippen molar-refractivity contribution in [3.05, 3.63) is 128 Å². The van der Waals surface area contributed by atoms with Gasteiger partial charge in [0.1, 0.15) is 5.75 Å². The summed E-state index contributed by atoms with van der Waals surface area (Å²) in [5.74, 6) is 0.186. The summed E-state index contributed by atoms with van der Waals surface area (Å²) >= 11 is 3.35. The van der Waals surface area contributed by atoms with E-state index >= 15 is 0 Å². The Morgan fingerprint density at radius 2 is 1.94 bits per heavy atom. The Bertz CT molecular complexity index is 1790. The van der Waals surface area contributed by atoms with Crippen molar-refractivity contribution >= 4 is 51.4 Å². The van der Waals surface area contributed by atoms with Crippen LogP contribution in [0.3, 0.4) is 0 Å². The van der Waals surface area contributed by atoms with Crippen LogP contribution >= 0.6 is 33.9 Å². The van der Waals surface area contributed by atoms with Crippen molar-refractivity contribution in [3.63, 3.8) is 0 Å². The zero-order valence-electron chi connectivity index (χ0n) is 18.7. The van der Waals surface area contributed by atoms with Gasteiger partial charge in [-0.25, -0.2) is 4.99 Å². The smallest absolute Gasteiger partial charge is 0.271 e. The number of thiazole rings is 1. The zero-order chi connectivity index (χ0) is 25.0. The van der Waals surface area contributed by atoms with E-state index in [0.29, 0.717) is 24.9 Å². The number of halogens is 1. The van der Waals surface area contributed by atoms with Crippen molar-refractivity contribution in [1.29, 1.82) is 0 Å². The lowest BCUT2D eigenvalue weighted by Gasteiger charge is -2.30. The molecule has 0 bridgehead atoms. The SMILES string of the molecule is O=c1c(=Cc2ccc(O)c(I)c2)sc2n1C(c1cccc([N+](=O)[O-])c1)C1=C(N=2)c2ccccc2CC1. The number of hydrogen-bond donors (Lipinski definition) is 1. The Hall–Kier alpha value is -3.57. The summed E-state index contributed by atoms with van der Waals surface area (Å²) in [5.41, 5.74) is 5.37. The minimum absolute atomic E-state index is 0.0105. The van der Waals surface area contributed by atoms with Crippen LogP contribution < -0.4 is 14.9 Å². The minimum Gasteiger partial charge on any atom is -0.507 e. The van der Waals surface area contributed by atoms with Crippen LogP contribution in [0.25, 0.3) is 11.8 Å². The molecule has 4 aromatic rings. The van der Waals surface area contributed by atoms with Crippen LogP contribution in [-0.2, 0) is 6.42 Å². The molecule has 3 aromatic carbocycles. The number of phenols is 1. The van der Waals surface area contributed by atoms with Crippen molar-refractivity contribution in [2.45, 2.75) is 18.9 Å². The lowest BCUT2D eigenvalue weighted by molar-refractivity contribution is -0.384. The predicted molar refractivity (Wildman–Crippen MR) is 147 cm³/mol. The Kier molecular flexibility index (Phi) is 5.60. The molecule has 2 aliphatic rings. The second kappa shape index (κ2) is 8.82. The standard InChI is InChI=1S/C27H18IN3O4S/c28-21-12-15(8-11-22(21)32)13-23-26(33)30-25(17-5-3-6-18(14-17)31(34)35)20-10-9-16-4-1-2-7-19(16)24(20)29-27(30)36-23/h1-8,11-14,25,32H,9-10H2. The molecular formula is C27H18IN3O4S. The summed E-state index contributed by atoms with van der Waals surface area (Å²) in [6.45, 7) is 0. The number of benzene rings is 3. The highest BCUT2D eigenvalue weighted by atomic mass is 127. The fourth-order valence-corrected chi connectivity index (χ4v) is 6.44. The zero-order valence-corrected chi connectivity index (χ0v) is 21.7. The van der Waals surface area contributed by atoms with E-state index in [1.165, 1.54) is 23.0 Å². The molecule has 9 heteroatoms. The lowest BCUT2D eigenvalue weighted by atomic mass is 9.83. The van der Waals surface area contributed by atoms with Crippen LogP contribution in [0.15, 0.2) is 82.1 Å². The highest BCUT2D eigenvalue weighted by molar-refractivity contribution is 14.1. The molecule has 1 N–H and O–H groups in total. The molecule has 36 heavy (non-hydrogen) atoms. The number of fused-ring (bicyclic) bond motifs is 3. The maximum Gasteiger partial charge on any atom is 0.271 e.